The molecule has 0 unspecified atom stereocenters. The van der Waals surface area contributed by atoms with Gasteiger partial charge in [-0.3, -0.25) is 9.59 Å². The molecule has 30 heavy (non-hydrogen) atoms. The Balaban J connectivity index is 1.41. The number of halogens is 1. The molecule has 4 rings (SSSR count). The van der Waals surface area contributed by atoms with Gasteiger partial charge in [-0.1, -0.05) is 17.7 Å². The maximum absolute atomic E-state index is 13.1. The van der Waals surface area contributed by atoms with Crippen molar-refractivity contribution in [1.29, 1.82) is 0 Å². The predicted octanol–water partition coefficient (Wildman–Crippen LogP) is 3.42. The molecule has 0 aromatic heterocycles. The molecule has 0 atom stereocenters. The number of hydrogen-bond donors (Lipinski definition) is 2. The summed E-state index contributed by atoms with van der Waals surface area (Å²) in [4.78, 5) is 25.1. The van der Waals surface area contributed by atoms with E-state index in [4.69, 9.17) is 11.6 Å². The molecule has 2 aromatic rings. The van der Waals surface area contributed by atoms with Gasteiger partial charge < -0.3 is 10.6 Å². The van der Waals surface area contributed by atoms with Crippen LogP contribution >= 0.6 is 23.4 Å². The number of carbonyl (C=O) groups excluding carboxylic acids is 2. The summed E-state index contributed by atoms with van der Waals surface area (Å²) in [6, 6.07) is 11.7. The van der Waals surface area contributed by atoms with Crippen LogP contribution in [0.4, 0.5) is 11.4 Å². The molecule has 1 fully saturated rings. The summed E-state index contributed by atoms with van der Waals surface area (Å²) in [6.45, 7) is 0.516. The molecule has 0 aliphatic carbocycles. The Morgan fingerprint density at radius 3 is 2.67 bits per heavy atom. The first-order chi connectivity index (χ1) is 14.3. The molecule has 0 bridgehead atoms. The number of rotatable bonds is 4. The molecule has 10 heteroatoms. The lowest BCUT2D eigenvalue weighted by Crippen LogP contribution is -2.41. The number of benzene rings is 2. The smallest absolute Gasteiger partial charge is 0.243 e. The second-order valence-electron chi connectivity index (χ2n) is 7.17. The van der Waals surface area contributed by atoms with Crippen LogP contribution in [-0.2, 0) is 19.6 Å². The topological polar surface area (TPSA) is 95.6 Å². The summed E-state index contributed by atoms with van der Waals surface area (Å²) >= 11 is 7.33. The van der Waals surface area contributed by atoms with E-state index in [1.165, 1.54) is 22.1 Å². The number of fused-ring (bicyclic) bond motifs is 1. The largest absolute Gasteiger partial charge is 0.326 e. The van der Waals surface area contributed by atoms with Crippen LogP contribution in [0.3, 0.4) is 0 Å². The first kappa shape index (κ1) is 21.2. The summed E-state index contributed by atoms with van der Waals surface area (Å²) in [6.07, 6.45) is 0.867. The predicted molar refractivity (Wildman–Crippen MR) is 117 cm³/mol. The normalized spacial score (nSPS) is 17.8. The van der Waals surface area contributed by atoms with Crippen LogP contribution in [0.5, 0.6) is 0 Å². The molecule has 2 amide bonds. The van der Waals surface area contributed by atoms with E-state index in [0.29, 0.717) is 35.0 Å². The van der Waals surface area contributed by atoms with Gasteiger partial charge in [0, 0.05) is 34.6 Å². The van der Waals surface area contributed by atoms with Crippen molar-refractivity contribution in [3.8, 4) is 0 Å². The van der Waals surface area contributed by atoms with Crippen LogP contribution in [0, 0.1) is 5.92 Å². The second-order valence-corrected chi connectivity index (χ2v) is 10.6. The van der Waals surface area contributed by atoms with Gasteiger partial charge >= 0.3 is 0 Å². The summed E-state index contributed by atoms with van der Waals surface area (Å²) in [5, 5.41) is 6.10. The van der Waals surface area contributed by atoms with Crippen molar-refractivity contribution in [3.63, 3.8) is 0 Å². The Labute approximate surface area is 184 Å². The van der Waals surface area contributed by atoms with E-state index in [-0.39, 0.29) is 35.7 Å². The number of anilines is 2. The van der Waals surface area contributed by atoms with Crippen LogP contribution in [-0.4, -0.2) is 43.4 Å². The van der Waals surface area contributed by atoms with Crippen molar-refractivity contribution < 1.29 is 18.0 Å². The van der Waals surface area contributed by atoms with Gasteiger partial charge in [-0.25, -0.2) is 8.42 Å². The van der Waals surface area contributed by atoms with E-state index in [9.17, 15) is 18.0 Å². The van der Waals surface area contributed by atoms with Gasteiger partial charge in [0.2, 0.25) is 21.8 Å². The highest BCUT2D eigenvalue weighted by Crippen LogP contribution is 2.34. The fourth-order valence-corrected chi connectivity index (χ4v) is 6.02. The molecule has 2 aromatic carbocycles. The fourth-order valence-electron chi connectivity index (χ4n) is 3.54. The van der Waals surface area contributed by atoms with Crippen LogP contribution in [0.2, 0.25) is 5.02 Å². The van der Waals surface area contributed by atoms with Crippen molar-refractivity contribution in [3.05, 3.63) is 47.5 Å². The Bertz CT molecular complexity index is 1100. The zero-order valence-corrected chi connectivity index (χ0v) is 18.3. The number of thioether (sulfide) groups is 1. The number of amides is 2. The molecule has 7 nitrogen and oxygen atoms in total. The third-order valence-electron chi connectivity index (χ3n) is 5.14. The molecule has 0 saturated carbocycles. The van der Waals surface area contributed by atoms with Gasteiger partial charge in [0.15, 0.2) is 0 Å². The highest BCUT2D eigenvalue weighted by Gasteiger charge is 2.33. The molecule has 1 saturated heterocycles. The first-order valence-corrected chi connectivity index (χ1v) is 12.3. The van der Waals surface area contributed by atoms with E-state index < -0.39 is 10.0 Å². The van der Waals surface area contributed by atoms with E-state index in [2.05, 4.69) is 10.6 Å². The van der Waals surface area contributed by atoms with Crippen LogP contribution in [0.1, 0.15) is 12.8 Å². The molecule has 0 spiro atoms. The molecule has 158 valence electrons. The van der Waals surface area contributed by atoms with E-state index in [0.717, 1.165) is 4.90 Å². The molecule has 2 aliphatic heterocycles. The van der Waals surface area contributed by atoms with Crippen molar-refractivity contribution in [2.24, 2.45) is 5.92 Å². The molecule has 2 aliphatic rings. The number of piperidine rings is 1. The number of carbonyl (C=O) groups is 2. The molecule has 0 radical (unpaired) electrons. The minimum atomic E-state index is -3.70. The number of hydrogen-bond acceptors (Lipinski definition) is 5. The van der Waals surface area contributed by atoms with Crippen molar-refractivity contribution in [2.75, 3.05) is 29.5 Å². The van der Waals surface area contributed by atoms with Gasteiger partial charge in [-0.2, -0.15) is 4.31 Å². The Morgan fingerprint density at radius 1 is 1.17 bits per heavy atom. The zero-order chi connectivity index (χ0) is 21.3. The van der Waals surface area contributed by atoms with Crippen LogP contribution < -0.4 is 10.6 Å². The highest BCUT2D eigenvalue weighted by molar-refractivity contribution is 8.00. The van der Waals surface area contributed by atoms with Gasteiger partial charge in [-0.15, -0.1) is 11.8 Å². The Hall–Kier alpha value is -2.07. The summed E-state index contributed by atoms with van der Waals surface area (Å²) in [5.41, 5.74) is 1.14. The third kappa shape index (κ3) is 4.49. The summed E-state index contributed by atoms with van der Waals surface area (Å²) < 4.78 is 27.5. The molecule has 2 N–H and O–H groups in total. The van der Waals surface area contributed by atoms with Crippen LogP contribution in [0.25, 0.3) is 0 Å². The maximum Gasteiger partial charge on any atom is 0.243 e. The maximum atomic E-state index is 13.1. The molecule has 2 heterocycles. The molecular formula is C20H20ClN3O4S2. The number of nitrogens with zero attached hydrogens (tertiary/aromatic N) is 1. The minimum Gasteiger partial charge on any atom is -0.326 e. The molecular weight excluding hydrogens is 446 g/mol. The SMILES string of the molecule is O=C1CSc2ccc(S(=O)(=O)N3CCC(C(=O)Nc4cccc(Cl)c4)CC3)cc2N1. The van der Waals surface area contributed by atoms with Crippen molar-refractivity contribution in [1.82, 2.24) is 4.31 Å². The third-order valence-corrected chi connectivity index (χ3v) is 8.34. The first-order valence-electron chi connectivity index (χ1n) is 9.46. The van der Waals surface area contributed by atoms with Gasteiger partial charge in [0.05, 0.1) is 16.3 Å². The monoisotopic (exact) mass is 465 g/mol. The lowest BCUT2D eigenvalue weighted by atomic mass is 9.97. The zero-order valence-electron chi connectivity index (χ0n) is 15.9. The standard InChI is InChI=1S/C20H20ClN3O4S2/c21-14-2-1-3-15(10-14)22-20(26)13-6-8-24(9-7-13)30(27,28)16-4-5-18-17(11-16)23-19(25)12-29-18/h1-5,10-11,13H,6-9,12H2,(H,22,26)(H,23,25). The highest BCUT2D eigenvalue weighted by atomic mass is 35.5. The number of sulfonamides is 1. The van der Waals surface area contributed by atoms with E-state index in [1.807, 2.05) is 0 Å². The Morgan fingerprint density at radius 2 is 1.93 bits per heavy atom. The number of nitrogens with one attached hydrogen (secondary N) is 2. The Kier molecular flexibility index (Phi) is 6.06. The lowest BCUT2D eigenvalue weighted by Gasteiger charge is -2.31. The lowest BCUT2D eigenvalue weighted by molar-refractivity contribution is -0.121. The summed E-state index contributed by atoms with van der Waals surface area (Å²) in [7, 11) is -3.70. The van der Waals surface area contributed by atoms with Crippen LogP contribution in [0.15, 0.2) is 52.3 Å². The quantitative estimate of drug-likeness (QED) is 0.721. The second kappa shape index (κ2) is 8.58. The average molecular weight is 466 g/mol. The van der Waals surface area contributed by atoms with E-state index >= 15 is 0 Å². The summed E-state index contributed by atoms with van der Waals surface area (Å²) in [5.74, 6) is -0.227. The van der Waals surface area contributed by atoms with Gasteiger partial charge in [-0.05, 0) is 49.2 Å². The minimum absolute atomic E-state index is 0.136. The van der Waals surface area contributed by atoms with Crippen molar-refractivity contribution in [2.45, 2.75) is 22.6 Å². The van der Waals surface area contributed by atoms with Crippen molar-refractivity contribution >= 4 is 56.6 Å². The van der Waals surface area contributed by atoms with Gasteiger partial charge in [0.25, 0.3) is 0 Å². The van der Waals surface area contributed by atoms with Gasteiger partial charge in [0.1, 0.15) is 0 Å². The van der Waals surface area contributed by atoms with E-state index in [1.54, 1.807) is 36.4 Å². The average Bonchev–Trinajstić information content (AvgIpc) is 2.73. The fraction of sp³-hybridized carbons (Fsp3) is 0.300.